The van der Waals surface area contributed by atoms with Gasteiger partial charge in [0.25, 0.3) is 5.91 Å². The fourth-order valence-electron chi connectivity index (χ4n) is 2.56. The van der Waals surface area contributed by atoms with E-state index in [0.29, 0.717) is 27.9 Å². The van der Waals surface area contributed by atoms with Crippen molar-refractivity contribution in [2.24, 2.45) is 0 Å². The second-order valence-corrected chi connectivity index (χ2v) is 6.78. The second-order valence-electron chi connectivity index (χ2n) is 5.99. The SMILES string of the molecule is CSc1nc(-c2ccncc2)nc(NCCO)c1C(=O)Nc1ccc(C)cc1. The smallest absolute Gasteiger partial charge is 0.262 e. The Morgan fingerprint density at radius 2 is 1.82 bits per heavy atom. The molecule has 2 heterocycles. The summed E-state index contributed by atoms with van der Waals surface area (Å²) in [4.78, 5) is 26.1. The lowest BCUT2D eigenvalue weighted by atomic mass is 10.2. The van der Waals surface area contributed by atoms with Crippen LogP contribution in [-0.2, 0) is 0 Å². The third-order valence-corrected chi connectivity index (χ3v) is 4.63. The molecule has 0 aliphatic heterocycles. The van der Waals surface area contributed by atoms with Gasteiger partial charge in [0.2, 0.25) is 0 Å². The van der Waals surface area contributed by atoms with Gasteiger partial charge in [0.1, 0.15) is 16.4 Å². The van der Waals surface area contributed by atoms with Crippen molar-refractivity contribution in [3.63, 3.8) is 0 Å². The average molecular weight is 395 g/mol. The van der Waals surface area contributed by atoms with Crippen LogP contribution in [-0.4, -0.2) is 45.4 Å². The minimum atomic E-state index is -0.310. The first-order chi connectivity index (χ1) is 13.6. The molecule has 2 aromatic heterocycles. The molecule has 0 fully saturated rings. The molecule has 1 amide bonds. The Labute approximate surface area is 167 Å². The van der Waals surface area contributed by atoms with Gasteiger partial charge in [0.05, 0.1) is 6.61 Å². The van der Waals surface area contributed by atoms with Crippen molar-refractivity contribution in [1.82, 2.24) is 15.0 Å². The van der Waals surface area contributed by atoms with Crippen LogP contribution in [0.3, 0.4) is 0 Å². The number of aromatic nitrogens is 3. The van der Waals surface area contributed by atoms with Crippen molar-refractivity contribution in [2.75, 3.05) is 30.0 Å². The Morgan fingerprint density at radius 1 is 1.11 bits per heavy atom. The summed E-state index contributed by atoms with van der Waals surface area (Å²) >= 11 is 1.36. The summed E-state index contributed by atoms with van der Waals surface area (Å²) < 4.78 is 0. The number of hydrogen-bond donors (Lipinski definition) is 3. The highest BCUT2D eigenvalue weighted by atomic mass is 32.2. The van der Waals surface area contributed by atoms with E-state index in [1.165, 1.54) is 11.8 Å². The fraction of sp³-hybridized carbons (Fsp3) is 0.200. The summed E-state index contributed by atoms with van der Waals surface area (Å²) in [5, 5.41) is 15.7. The first-order valence-electron chi connectivity index (χ1n) is 8.71. The van der Waals surface area contributed by atoms with Crippen molar-refractivity contribution in [1.29, 1.82) is 0 Å². The molecule has 3 aromatic rings. The highest BCUT2D eigenvalue weighted by Gasteiger charge is 2.21. The van der Waals surface area contributed by atoms with Gasteiger partial charge in [0, 0.05) is 30.2 Å². The van der Waals surface area contributed by atoms with E-state index in [4.69, 9.17) is 0 Å². The lowest BCUT2D eigenvalue weighted by Gasteiger charge is -2.15. The number of carbonyl (C=O) groups excluding carboxylic acids is 1. The predicted octanol–water partition coefficient (Wildman–Crippen LogP) is 3.23. The third-order valence-electron chi connectivity index (χ3n) is 3.95. The monoisotopic (exact) mass is 395 g/mol. The van der Waals surface area contributed by atoms with Crippen molar-refractivity contribution in [3.05, 3.63) is 59.9 Å². The Morgan fingerprint density at radius 3 is 2.46 bits per heavy atom. The van der Waals surface area contributed by atoms with Gasteiger partial charge < -0.3 is 15.7 Å². The number of rotatable bonds is 7. The van der Waals surface area contributed by atoms with Crippen LogP contribution in [0.2, 0.25) is 0 Å². The molecule has 144 valence electrons. The number of pyridine rings is 1. The molecule has 0 bridgehead atoms. The van der Waals surface area contributed by atoms with E-state index < -0.39 is 0 Å². The molecular formula is C20H21N5O2S. The number of amides is 1. The van der Waals surface area contributed by atoms with Gasteiger partial charge in [-0.15, -0.1) is 11.8 Å². The maximum Gasteiger partial charge on any atom is 0.262 e. The molecule has 0 radical (unpaired) electrons. The fourth-order valence-corrected chi connectivity index (χ4v) is 3.13. The first-order valence-corrected chi connectivity index (χ1v) is 9.94. The van der Waals surface area contributed by atoms with Crippen LogP contribution < -0.4 is 10.6 Å². The van der Waals surface area contributed by atoms with Crippen LogP contribution >= 0.6 is 11.8 Å². The van der Waals surface area contributed by atoms with E-state index >= 15 is 0 Å². The molecule has 8 heteroatoms. The number of thioether (sulfide) groups is 1. The lowest BCUT2D eigenvalue weighted by molar-refractivity contribution is 0.102. The quantitative estimate of drug-likeness (QED) is 0.417. The number of nitrogens with one attached hydrogen (secondary N) is 2. The maximum absolute atomic E-state index is 13.0. The van der Waals surface area contributed by atoms with Gasteiger partial charge in [0.15, 0.2) is 5.82 Å². The van der Waals surface area contributed by atoms with Crippen LogP contribution in [0, 0.1) is 6.92 Å². The molecule has 0 atom stereocenters. The van der Waals surface area contributed by atoms with Gasteiger partial charge in [-0.3, -0.25) is 9.78 Å². The summed E-state index contributed by atoms with van der Waals surface area (Å²) in [5.74, 6) is 0.554. The van der Waals surface area contributed by atoms with Crippen LogP contribution in [0.1, 0.15) is 15.9 Å². The molecule has 7 nitrogen and oxygen atoms in total. The summed E-state index contributed by atoms with van der Waals surface area (Å²) in [6.45, 7) is 2.17. The zero-order valence-electron chi connectivity index (χ0n) is 15.6. The van der Waals surface area contributed by atoms with Crippen molar-refractivity contribution in [3.8, 4) is 11.4 Å². The molecule has 0 aliphatic carbocycles. The lowest BCUT2D eigenvalue weighted by Crippen LogP contribution is -2.19. The predicted molar refractivity (Wildman–Crippen MR) is 112 cm³/mol. The summed E-state index contributed by atoms with van der Waals surface area (Å²) in [6, 6.07) is 11.2. The zero-order valence-corrected chi connectivity index (χ0v) is 16.5. The molecule has 0 aliphatic rings. The number of carbonyl (C=O) groups is 1. The molecule has 0 unspecified atom stereocenters. The average Bonchev–Trinajstić information content (AvgIpc) is 2.73. The summed E-state index contributed by atoms with van der Waals surface area (Å²) in [5.41, 5.74) is 2.94. The maximum atomic E-state index is 13.0. The first kappa shape index (κ1) is 19.8. The van der Waals surface area contributed by atoms with Gasteiger partial charge >= 0.3 is 0 Å². The summed E-state index contributed by atoms with van der Waals surface area (Å²) in [7, 11) is 0. The number of anilines is 2. The number of nitrogens with zero attached hydrogens (tertiary/aromatic N) is 3. The molecular weight excluding hydrogens is 374 g/mol. The molecule has 3 N–H and O–H groups in total. The van der Waals surface area contributed by atoms with E-state index in [2.05, 4.69) is 25.6 Å². The van der Waals surface area contributed by atoms with Crippen molar-refractivity contribution >= 4 is 29.2 Å². The zero-order chi connectivity index (χ0) is 19.9. The normalized spacial score (nSPS) is 10.5. The van der Waals surface area contributed by atoms with E-state index in [-0.39, 0.29) is 19.1 Å². The Balaban J connectivity index is 2.02. The van der Waals surface area contributed by atoms with Crippen LogP contribution in [0.5, 0.6) is 0 Å². The molecule has 0 spiro atoms. The molecule has 3 rings (SSSR count). The van der Waals surface area contributed by atoms with E-state index in [1.54, 1.807) is 24.5 Å². The Bertz CT molecular complexity index is 949. The van der Waals surface area contributed by atoms with Crippen LogP contribution in [0.4, 0.5) is 11.5 Å². The third kappa shape index (κ3) is 4.65. The summed E-state index contributed by atoms with van der Waals surface area (Å²) in [6.07, 6.45) is 5.18. The van der Waals surface area contributed by atoms with Crippen LogP contribution in [0.25, 0.3) is 11.4 Å². The van der Waals surface area contributed by atoms with Gasteiger partial charge in [-0.2, -0.15) is 0 Å². The van der Waals surface area contributed by atoms with E-state index in [0.717, 1.165) is 11.1 Å². The van der Waals surface area contributed by atoms with Crippen molar-refractivity contribution < 1.29 is 9.90 Å². The number of aryl methyl sites for hydroxylation is 1. The number of aliphatic hydroxyl groups excluding tert-OH is 1. The second kappa shape index (κ2) is 9.29. The molecule has 0 saturated heterocycles. The standard InChI is InChI=1S/C20H21N5O2S/c1-13-3-5-15(6-4-13)23-19(27)16-18(22-11-12-26)24-17(25-20(16)28-2)14-7-9-21-10-8-14/h3-10,26H,11-12H2,1-2H3,(H,23,27)(H,22,24,25). The van der Waals surface area contributed by atoms with Gasteiger partial charge in [-0.25, -0.2) is 9.97 Å². The number of aliphatic hydroxyl groups is 1. The Hall–Kier alpha value is -2.97. The minimum Gasteiger partial charge on any atom is -0.395 e. The molecule has 0 saturated carbocycles. The minimum absolute atomic E-state index is 0.0811. The largest absolute Gasteiger partial charge is 0.395 e. The molecule has 28 heavy (non-hydrogen) atoms. The Kier molecular flexibility index (Phi) is 6.57. The molecule has 1 aromatic carbocycles. The van der Waals surface area contributed by atoms with E-state index in [1.807, 2.05) is 37.4 Å². The van der Waals surface area contributed by atoms with Crippen LogP contribution in [0.15, 0.2) is 53.8 Å². The van der Waals surface area contributed by atoms with Gasteiger partial charge in [-0.05, 0) is 37.4 Å². The van der Waals surface area contributed by atoms with E-state index in [9.17, 15) is 9.90 Å². The highest BCUT2D eigenvalue weighted by molar-refractivity contribution is 7.98. The number of benzene rings is 1. The van der Waals surface area contributed by atoms with Crippen molar-refractivity contribution in [2.45, 2.75) is 11.9 Å². The van der Waals surface area contributed by atoms with Gasteiger partial charge in [-0.1, -0.05) is 17.7 Å². The topological polar surface area (TPSA) is 100 Å². The number of hydrogen-bond acceptors (Lipinski definition) is 7. The highest BCUT2D eigenvalue weighted by Crippen LogP contribution is 2.28.